The molecule has 0 aromatic heterocycles. The summed E-state index contributed by atoms with van der Waals surface area (Å²) in [5, 5.41) is 0. The van der Waals surface area contributed by atoms with Gasteiger partial charge < -0.3 is 9.80 Å². The lowest BCUT2D eigenvalue weighted by Crippen LogP contribution is -2.37. The second-order valence-corrected chi connectivity index (χ2v) is 15.4. The lowest BCUT2D eigenvalue weighted by Gasteiger charge is -2.34. The summed E-state index contributed by atoms with van der Waals surface area (Å²) in [6, 6.07) is 9.02. The Morgan fingerprint density at radius 3 is 2.14 bits per heavy atom. The molecule has 2 heterocycles. The molecule has 42 heavy (non-hydrogen) atoms. The highest BCUT2D eigenvalue weighted by atomic mass is 32.2. The van der Waals surface area contributed by atoms with Crippen molar-refractivity contribution < 1.29 is 0 Å². The fourth-order valence-corrected chi connectivity index (χ4v) is 9.04. The summed E-state index contributed by atoms with van der Waals surface area (Å²) in [6.45, 7) is 14.7. The van der Waals surface area contributed by atoms with E-state index in [4.69, 9.17) is 0 Å². The Labute approximate surface area is 265 Å². The summed E-state index contributed by atoms with van der Waals surface area (Å²) < 4.78 is 7.77. The predicted molar refractivity (Wildman–Crippen MR) is 185 cm³/mol. The van der Waals surface area contributed by atoms with Gasteiger partial charge in [-0.15, -0.1) is 0 Å². The van der Waals surface area contributed by atoms with Crippen LogP contribution in [0.4, 0.5) is 5.69 Å². The Balaban J connectivity index is 1.23. The molecule has 2 fully saturated rings. The number of rotatable bonds is 8. The van der Waals surface area contributed by atoms with Crippen LogP contribution in [0, 0.1) is 5.92 Å². The maximum absolute atomic E-state index is 4.61. The molecule has 5 nitrogen and oxygen atoms in total. The van der Waals surface area contributed by atoms with E-state index in [1.807, 2.05) is 24.1 Å². The van der Waals surface area contributed by atoms with Crippen LogP contribution in [0.5, 0.6) is 0 Å². The van der Waals surface area contributed by atoms with Crippen molar-refractivity contribution in [3.8, 4) is 0 Å². The van der Waals surface area contributed by atoms with Gasteiger partial charge in [-0.1, -0.05) is 38.0 Å². The monoisotopic (exact) mass is 609 g/mol. The quantitative estimate of drug-likeness (QED) is 0.217. The molecule has 2 aliphatic heterocycles. The third kappa shape index (κ3) is 10.2. The number of hydrogen-bond acceptors (Lipinski definition) is 7. The van der Waals surface area contributed by atoms with Crippen molar-refractivity contribution in [3.63, 3.8) is 0 Å². The molecule has 0 amide bonds. The topological polar surface area (TPSA) is 16.2 Å². The molecule has 1 aromatic carbocycles. The molecule has 5 rings (SSSR count). The van der Waals surface area contributed by atoms with Crippen molar-refractivity contribution in [2.75, 3.05) is 77.9 Å². The third-order valence-corrected chi connectivity index (χ3v) is 11.4. The smallest absolute Gasteiger partial charge is 0.0361 e. The van der Waals surface area contributed by atoms with Gasteiger partial charge in [0.15, 0.2) is 0 Å². The van der Waals surface area contributed by atoms with Gasteiger partial charge >= 0.3 is 0 Å². The Kier molecular flexibility index (Phi) is 12.8. The molecule has 0 radical (unpaired) electrons. The van der Waals surface area contributed by atoms with E-state index in [2.05, 4.69) is 79.8 Å². The molecule has 0 bridgehead atoms. The van der Waals surface area contributed by atoms with Gasteiger partial charge in [0.2, 0.25) is 0 Å². The van der Waals surface area contributed by atoms with Gasteiger partial charge in [0.1, 0.15) is 0 Å². The minimum Gasteiger partial charge on any atom is -0.378 e. The normalized spacial score (nSPS) is 23.7. The van der Waals surface area contributed by atoms with E-state index in [-0.39, 0.29) is 0 Å². The minimum absolute atomic E-state index is 0.905. The van der Waals surface area contributed by atoms with Gasteiger partial charge in [0.25, 0.3) is 0 Å². The summed E-state index contributed by atoms with van der Waals surface area (Å²) in [7, 11) is 4.22. The zero-order valence-electron chi connectivity index (χ0n) is 26.4. The third-order valence-electron chi connectivity index (χ3n) is 9.25. The highest BCUT2D eigenvalue weighted by molar-refractivity contribution is 7.97. The summed E-state index contributed by atoms with van der Waals surface area (Å²) in [5.74, 6) is 0.905. The molecule has 7 heteroatoms. The first kappa shape index (κ1) is 32.2. The van der Waals surface area contributed by atoms with Crippen LogP contribution in [0.2, 0.25) is 0 Å². The van der Waals surface area contributed by atoms with Gasteiger partial charge in [-0.2, -0.15) is 0 Å². The second-order valence-electron chi connectivity index (χ2n) is 13.0. The van der Waals surface area contributed by atoms with Crippen molar-refractivity contribution in [3.05, 3.63) is 59.7 Å². The van der Waals surface area contributed by atoms with Gasteiger partial charge in [-0.25, -0.2) is 12.9 Å². The lowest BCUT2D eigenvalue weighted by molar-refractivity contribution is 0.189. The SMILES string of the molecule is C=C1CN(Sc2ccc(N(C)C)cc2)CCCN(CC2CCCCC2)CCCN(SN2CC=C(C3=CCCC3)CC2)C1. The summed E-state index contributed by atoms with van der Waals surface area (Å²) >= 11 is 3.89. The van der Waals surface area contributed by atoms with Gasteiger partial charge in [0, 0.05) is 82.6 Å². The average molecular weight is 610 g/mol. The summed E-state index contributed by atoms with van der Waals surface area (Å²) in [5.41, 5.74) is 5.82. The van der Waals surface area contributed by atoms with Crippen LogP contribution in [0.3, 0.4) is 0 Å². The Morgan fingerprint density at radius 1 is 0.762 bits per heavy atom. The molecular weight excluding hydrogens is 555 g/mol. The first-order valence-corrected chi connectivity index (χ1v) is 18.2. The average Bonchev–Trinajstić information content (AvgIpc) is 3.53. The van der Waals surface area contributed by atoms with Crippen LogP contribution >= 0.6 is 24.1 Å². The highest BCUT2D eigenvalue weighted by Crippen LogP contribution is 2.32. The van der Waals surface area contributed by atoms with Crippen molar-refractivity contribution in [1.82, 2.24) is 17.8 Å². The zero-order valence-corrected chi connectivity index (χ0v) is 28.1. The molecule has 0 unspecified atom stereocenters. The molecule has 4 aliphatic rings. The van der Waals surface area contributed by atoms with E-state index in [0.29, 0.717) is 0 Å². The Morgan fingerprint density at radius 2 is 1.48 bits per heavy atom. The first-order chi connectivity index (χ1) is 20.5. The Bertz CT molecular complexity index is 1050. The summed E-state index contributed by atoms with van der Waals surface area (Å²) in [4.78, 5) is 6.30. The number of hydrogen-bond donors (Lipinski definition) is 0. The van der Waals surface area contributed by atoms with E-state index in [9.17, 15) is 0 Å². The van der Waals surface area contributed by atoms with E-state index in [0.717, 1.165) is 45.2 Å². The molecule has 232 valence electrons. The van der Waals surface area contributed by atoms with Crippen LogP contribution in [-0.4, -0.2) is 90.8 Å². The molecule has 1 saturated carbocycles. The Hall–Kier alpha value is -1.22. The lowest BCUT2D eigenvalue weighted by atomic mass is 9.89. The first-order valence-electron chi connectivity index (χ1n) is 16.7. The molecule has 0 spiro atoms. The maximum atomic E-state index is 4.61. The van der Waals surface area contributed by atoms with Crippen LogP contribution in [-0.2, 0) is 0 Å². The van der Waals surface area contributed by atoms with Crippen molar-refractivity contribution in [2.45, 2.75) is 75.5 Å². The maximum Gasteiger partial charge on any atom is 0.0361 e. The largest absolute Gasteiger partial charge is 0.378 e. The van der Waals surface area contributed by atoms with Crippen molar-refractivity contribution in [1.29, 1.82) is 0 Å². The van der Waals surface area contributed by atoms with E-state index >= 15 is 0 Å². The number of benzene rings is 1. The number of anilines is 1. The fraction of sp³-hybridized carbons (Fsp3) is 0.657. The molecule has 2 aliphatic carbocycles. The van der Waals surface area contributed by atoms with Crippen LogP contribution in [0.25, 0.3) is 0 Å². The van der Waals surface area contributed by atoms with Crippen LogP contribution < -0.4 is 4.90 Å². The number of allylic oxidation sites excluding steroid dienone is 2. The second kappa shape index (κ2) is 16.7. The molecule has 0 N–H and O–H groups in total. The van der Waals surface area contributed by atoms with E-state index in [1.165, 1.54) is 106 Å². The number of nitrogens with zero attached hydrogens (tertiary/aromatic N) is 5. The van der Waals surface area contributed by atoms with Crippen LogP contribution in [0.1, 0.15) is 70.6 Å². The summed E-state index contributed by atoms with van der Waals surface area (Å²) in [6.07, 6.45) is 19.7. The molecule has 1 aromatic rings. The van der Waals surface area contributed by atoms with Crippen molar-refractivity contribution >= 4 is 29.8 Å². The van der Waals surface area contributed by atoms with Crippen LogP contribution in [0.15, 0.2) is 64.6 Å². The van der Waals surface area contributed by atoms with E-state index in [1.54, 1.807) is 11.1 Å². The van der Waals surface area contributed by atoms with Gasteiger partial charge in [-0.05, 0) is 123 Å². The molecule has 1 saturated heterocycles. The van der Waals surface area contributed by atoms with Gasteiger partial charge in [0.05, 0.1) is 0 Å². The zero-order chi connectivity index (χ0) is 29.1. The molecule has 0 atom stereocenters. The molecular formula is C35H55N5S2. The van der Waals surface area contributed by atoms with E-state index < -0.39 is 0 Å². The van der Waals surface area contributed by atoms with Crippen molar-refractivity contribution in [2.24, 2.45) is 5.92 Å². The predicted octanol–water partition coefficient (Wildman–Crippen LogP) is 7.90. The minimum atomic E-state index is 0.905. The van der Waals surface area contributed by atoms with Gasteiger partial charge in [-0.3, -0.25) is 0 Å². The highest BCUT2D eigenvalue weighted by Gasteiger charge is 2.22. The standard InChI is InChI=1S/C35H55N5S2/c1-30-27-39(41-35-17-15-34(16-18-35)36(2)3)23-9-21-37(29-31-11-5-4-6-12-31)22-10-24-40(28-30)42-38-25-19-33(20-26-38)32-13-7-8-14-32/h13,15-19,31H,1,4-12,14,20-29H2,2-3H3. The fourth-order valence-electron chi connectivity index (χ4n) is 6.92.